The molecule has 0 spiro atoms. The van der Waals surface area contributed by atoms with Gasteiger partial charge in [0.25, 0.3) is 5.91 Å². The second-order valence-corrected chi connectivity index (χ2v) is 8.13. The quantitative estimate of drug-likeness (QED) is 0.662. The van der Waals surface area contributed by atoms with E-state index in [9.17, 15) is 9.59 Å². The van der Waals surface area contributed by atoms with Crippen molar-refractivity contribution in [3.63, 3.8) is 0 Å². The molecule has 6 nitrogen and oxygen atoms in total. The fraction of sp³-hybridized carbons (Fsp3) is 0.261. The fourth-order valence-corrected chi connectivity index (χ4v) is 4.25. The number of halogens is 1. The third kappa shape index (κ3) is 3.48. The van der Waals surface area contributed by atoms with E-state index in [1.165, 1.54) is 0 Å². The predicted octanol–water partition coefficient (Wildman–Crippen LogP) is 4.47. The van der Waals surface area contributed by atoms with Crippen molar-refractivity contribution in [2.75, 3.05) is 11.9 Å². The molecule has 0 saturated heterocycles. The molecule has 3 heterocycles. The van der Waals surface area contributed by atoms with Crippen LogP contribution < -0.4 is 5.32 Å². The van der Waals surface area contributed by atoms with E-state index >= 15 is 0 Å². The van der Waals surface area contributed by atoms with E-state index in [2.05, 4.69) is 10.5 Å². The van der Waals surface area contributed by atoms with Gasteiger partial charge in [0.15, 0.2) is 5.76 Å². The summed E-state index contributed by atoms with van der Waals surface area (Å²) in [4.78, 5) is 26.7. The number of rotatable bonds is 2. The first-order chi connectivity index (χ1) is 14.6. The van der Waals surface area contributed by atoms with E-state index in [4.69, 9.17) is 16.1 Å². The first kappa shape index (κ1) is 18.9. The lowest BCUT2D eigenvalue weighted by atomic mass is 9.99. The van der Waals surface area contributed by atoms with Crippen LogP contribution in [0.25, 0.3) is 11.3 Å². The van der Waals surface area contributed by atoms with Gasteiger partial charge in [0, 0.05) is 40.4 Å². The molecule has 0 radical (unpaired) electrons. The van der Waals surface area contributed by atoms with Crippen LogP contribution in [0.5, 0.6) is 0 Å². The Bertz CT molecular complexity index is 1140. The molecule has 2 aliphatic heterocycles. The van der Waals surface area contributed by atoms with Gasteiger partial charge in [-0.3, -0.25) is 9.59 Å². The number of carbonyl (C=O) groups is 2. The Hall–Kier alpha value is -3.12. The van der Waals surface area contributed by atoms with Crippen LogP contribution in [0, 0.1) is 0 Å². The van der Waals surface area contributed by atoms with Gasteiger partial charge >= 0.3 is 0 Å². The molecule has 1 N–H and O–H groups in total. The van der Waals surface area contributed by atoms with Gasteiger partial charge in [-0.05, 0) is 67.3 Å². The van der Waals surface area contributed by atoms with Gasteiger partial charge in [-0.15, -0.1) is 0 Å². The summed E-state index contributed by atoms with van der Waals surface area (Å²) >= 11 is 5.98. The number of aromatic nitrogens is 1. The Labute approximate surface area is 178 Å². The van der Waals surface area contributed by atoms with Crippen molar-refractivity contribution >= 4 is 29.1 Å². The molecule has 1 aromatic heterocycles. The number of carbonyl (C=O) groups excluding carboxylic acids is 2. The van der Waals surface area contributed by atoms with Crippen molar-refractivity contribution in [3.8, 4) is 11.3 Å². The third-order valence-electron chi connectivity index (χ3n) is 5.71. The van der Waals surface area contributed by atoms with Gasteiger partial charge < -0.3 is 14.7 Å². The Kier molecular flexibility index (Phi) is 4.79. The number of hydrogen-bond acceptors (Lipinski definition) is 4. The SMILES string of the molecule is O=C1CCCc2cc(C(=O)N3CCc4c(noc4-c4ccc(Cl)cc4)C3)ccc2N1. The second-order valence-electron chi connectivity index (χ2n) is 7.69. The highest BCUT2D eigenvalue weighted by molar-refractivity contribution is 6.30. The molecular formula is C23H20ClN3O3. The first-order valence-corrected chi connectivity index (χ1v) is 10.4. The summed E-state index contributed by atoms with van der Waals surface area (Å²) in [6.45, 7) is 1.01. The Morgan fingerprint density at radius 2 is 1.93 bits per heavy atom. The summed E-state index contributed by atoms with van der Waals surface area (Å²) in [5.74, 6) is 0.739. The molecule has 7 heteroatoms. The first-order valence-electron chi connectivity index (χ1n) is 10.0. The number of aryl methyl sites for hydroxylation is 1. The molecule has 0 unspecified atom stereocenters. The zero-order chi connectivity index (χ0) is 20.7. The highest BCUT2D eigenvalue weighted by Crippen LogP contribution is 2.32. The number of benzene rings is 2. The summed E-state index contributed by atoms with van der Waals surface area (Å²) in [6, 6.07) is 13.0. The van der Waals surface area contributed by atoms with Crippen LogP contribution in [0.15, 0.2) is 47.0 Å². The van der Waals surface area contributed by atoms with Crippen molar-refractivity contribution in [2.45, 2.75) is 32.2 Å². The highest BCUT2D eigenvalue weighted by atomic mass is 35.5. The third-order valence-corrected chi connectivity index (χ3v) is 5.96. The van der Waals surface area contributed by atoms with Gasteiger partial charge in [0.1, 0.15) is 5.69 Å². The molecule has 0 atom stereocenters. The van der Waals surface area contributed by atoms with E-state index in [0.29, 0.717) is 36.5 Å². The lowest BCUT2D eigenvalue weighted by Gasteiger charge is -2.26. The molecule has 2 amide bonds. The molecule has 152 valence electrons. The maximum absolute atomic E-state index is 13.1. The molecule has 2 aromatic carbocycles. The molecule has 0 saturated carbocycles. The topological polar surface area (TPSA) is 75.4 Å². The minimum absolute atomic E-state index is 0.0268. The van der Waals surface area contributed by atoms with Crippen LogP contribution in [0.2, 0.25) is 5.02 Å². The minimum Gasteiger partial charge on any atom is -0.356 e. The summed E-state index contributed by atoms with van der Waals surface area (Å²) < 4.78 is 5.60. The zero-order valence-corrected chi connectivity index (χ0v) is 17.0. The largest absolute Gasteiger partial charge is 0.356 e. The summed E-state index contributed by atoms with van der Waals surface area (Å²) in [6.07, 6.45) is 2.77. The highest BCUT2D eigenvalue weighted by Gasteiger charge is 2.28. The van der Waals surface area contributed by atoms with Gasteiger partial charge in [0.05, 0.1) is 6.54 Å². The van der Waals surface area contributed by atoms with Crippen LogP contribution >= 0.6 is 11.6 Å². The average Bonchev–Trinajstić information content (AvgIpc) is 3.08. The molecule has 5 rings (SSSR count). The normalized spacial score (nSPS) is 15.8. The predicted molar refractivity (Wildman–Crippen MR) is 113 cm³/mol. The molecule has 3 aromatic rings. The summed E-state index contributed by atoms with van der Waals surface area (Å²) in [5.41, 5.74) is 5.22. The van der Waals surface area contributed by atoms with Crippen LogP contribution in [0.4, 0.5) is 5.69 Å². The average molecular weight is 422 g/mol. The van der Waals surface area contributed by atoms with Crippen LogP contribution in [-0.4, -0.2) is 28.4 Å². The van der Waals surface area contributed by atoms with Crippen molar-refractivity contribution < 1.29 is 14.1 Å². The maximum Gasteiger partial charge on any atom is 0.254 e. The van der Waals surface area contributed by atoms with E-state index in [-0.39, 0.29) is 11.8 Å². The number of nitrogens with one attached hydrogen (secondary N) is 1. The van der Waals surface area contributed by atoms with Gasteiger partial charge in [-0.2, -0.15) is 0 Å². The number of anilines is 1. The number of fused-ring (bicyclic) bond motifs is 2. The van der Waals surface area contributed by atoms with Crippen molar-refractivity contribution in [1.82, 2.24) is 10.1 Å². The number of hydrogen-bond donors (Lipinski definition) is 1. The molecule has 2 aliphatic rings. The van der Waals surface area contributed by atoms with Gasteiger partial charge in [-0.25, -0.2) is 0 Å². The van der Waals surface area contributed by atoms with Crippen molar-refractivity contribution in [1.29, 1.82) is 0 Å². The van der Waals surface area contributed by atoms with Crippen molar-refractivity contribution in [3.05, 3.63) is 69.9 Å². The fourth-order valence-electron chi connectivity index (χ4n) is 4.12. The molecule has 0 aliphatic carbocycles. The lowest BCUT2D eigenvalue weighted by molar-refractivity contribution is -0.116. The summed E-state index contributed by atoms with van der Waals surface area (Å²) in [7, 11) is 0. The van der Waals surface area contributed by atoms with Crippen molar-refractivity contribution in [2.24, 2.45) is 0 Å². The number of nitrogens with zero attached hydrogens (tertiary/aromatic N) is 2. The van der Waals surface area contributed by atoms with Crippen LogP contribution in [-0.2, 0) is 24.2 Å². The van der Waals surface area contributed by atoms with Gasteiger partial charge in [-0.1, -0.05) is 16.8 Å². The maximum atomic E-state index is 13.1. The zero-order valence-electron chi connectivity index (χ0n) is 16.3. The number of amides is 2. The summed E-state index contributed by atoms with van der Waals surface area (Å²) in [5, 5.41) is 7.80. The second kappa shape index (κ2) is 7.61. The molecule has 30 heavy (non-hydrogen) atoms. The van der Waals surface area contributed by atoms with Crippen LogP contribution in [0.3, 0.4) is 0 Å². The monoisotopic (exact) mass is 421 g/mol. The van der Waals surface area contributed by atoms with E-state index in [1.807, 2.05) is 36.4 Å². The molecule has 0 fully saturated rings. The smallest absolute Gasteiger partial charge is 0.254 e. The molecular weight excluding hydrogens is 402 g/mol. The van der Waals surface area contributed by atoms with Crippen LogP contribution in [0.1, 0.15) is 40.0 Å². The van der Waals surface area contributed by atoms with E-state index in [1.54, 1.807) is 11.0 Å². The van der Waals surface area contributed by atoms with E-state index < -0.39 is 0 Å². The Morgan fingerprint density at radius 1 is 1.10 bits per heavy atom. The Morgan fingerprint density at radius 3 is 2.77 bits per heavy atom. The van der Waals surface area contributed by atoms with Gasteiger partial charge in [0.2, 0.25) is 5.91 Å². The molecule has 0 bridgehead atoms. The minimum atomic E-state index is -0.0323. The standard InChI is InChI=1S/C23H20ClN3O3/c24-17-7-4-14(5-8-17)22-18-10-11-27(13-20(18)26-30-22)23(29)16-6-9-19-15(12-16)2-1-3-21(28)25-19/h4-9,12H,1-3,10-11,13H2,(H,25,28). The van der Waals surface area contributed by atoms with E-state index in [0.717, 1.165) is 46.7 Å². The lowest BCUT2D eigenvalue weighted by Crippen LogP contribution is -2.36. The Balaban J connectivity index is 1.36.